The normalized spacial score (nSPS) is 12.9. The van der Waals surface area contributed by atoms with Gasteiger partial charge in [-0.2, -0.15) is 0 Å². The van der Waals surface area contributed by atoms with Crippen molar-refractivity contribution in [2.45, 2.75) is 0 Å². The standard InChI is InChI=1S/C17H14O4/c1-18-14-5-10-3-4-11-6-16-17(21-9-20-16)8-13(11)12(10)7-15(14)19-2/h3-8H,9H2,1-2H3. The van der Waals surface area contributed by atoms with Gasteiger partial charge in [-0.1, -0.05) is 12.1 Å². The summed E-state index contributed by atoms with van der Waals surface area (Å²) in [7, 11) is 3.28. The first-order valence-corrected chi connectivity index (χ1v) is 6.68. The van der Waals surface area contributed by atoms with Gasteiger partial charge in [-0.05, 0) is 45.8 Å². The Balaban J connectivity index is 2.08. The maximum absolute atomic E-state index is 5.48. The van der Waals surface area contributed by atoms with Gasteiger partial charge >= 0.3 is 0 Å². The molecule has 0 atom stereocenters. The molecule has 0 spiro atoms. The summed E-state index contributed by atoms with van der Waals surface area (Å²) in [5.74, 6) is 3.02. The van der Waals surface area contributed by atoms with E-state index in [4.69, 9.17) is 18.9 Å². The Kier molecular flexibility index (Phi) is 2.57. The molecule has 0 unspecified atom stereocenters. The molecule has 1 aliphatic rings. The largest absolute Gasteiger partial charge is 0.493 e. The van der Waals surface area contributed by atoms with Gasteiger partial charge in [0.15, 0.2) is 23.0 Å². The van der Waals surface area contributed by atoms with Crippen molar-refractivity contribution in [3.63, 3.8) is 0 Å². The summed E-state index contributed by atoms with van der Waals surface area (Å²) in [5, 5.41) is 4.42. The van der Waals surface area contributed by atoms with Gasteiger partial charge in [0.05, 0.1) is 14.2 Å². The van der Waals surface area contributed by atoms with Crippen LogP contribution >= 0.6 is 0 Å². The number of rotatable bonds is 2. The minimum Gasteiger partial charge on any atom is -0.493 e. The van der Waals surface area contributed by atoms with Crippen LogP contribution in [0.25, 0.3) is 21.5 Å². The third-order valence-corrected chi connectivity index (χ3v) is 3.83. The molecule has 0 amide bonds. The van der Waals surface area contributed by atoms with E-state index >= 15 is 0 Å². The van der Waals surface area contributed by atoms with Crippen molar-refractivity contribution in [1.29, 1.82) is 0 Å². The van der Waals surface area contributed by atoms with Gasteiger partial charge in [0.1, 0.15) is 0 Å². The molecule has 0 saturated carbocycles. The molecule has 3 aromatic rings. The highest BCUT2D eigenvalue weighted by atomic mass is 16.7. The van der Waals surface area contributed by atoms with Crippen LogP contribution in [-0.2, 0) is 0 Å². The quantitative estimate of drug-likeness (QED) is 0.671. The first-order valence-electron chi connectivity index (χ1n) is 6.68. The van der Waals surface area contributed by atoms with E-state index in [1.807, 2.05) is 24.3 Å². The highest BCUT2D eigenvalue weighted by molar-refractivity contribution is 6.09. The van der Waals surface area contributed by atoms with Crippen molar-refractivity contribution >= 4 is 21.5 Å². The van der Waals surface area contributed by atoms with Crippen LogP contribution in [0.1, 0.15) is 0 Å². The summed E-state index contributed by atoms with van der Waals surface area (Å²) in [4.78, 5) is 0. The van der Waals surface area contributed by atoms with Crippen molar-refractivity contribution in [3.05, 3.63) is 36.4 Å². The van der Waals surface area contributed by atoms with E-state index in [0.29, 0.717) is 0 Å². The van der Waals surface area contributed by atoms with Crippen LogP contribution in [0.15, 0.2) is 36.4 Å². The summed E-state index contributed by atoms with van der Waals surface area (Å²) in [6.45, 7) is 0.279. The molecule has 0 bridgehead atoms. The second kappa shape index (κ2) is 4.45. The van der Waals surface area contributed by atoms with Crippen LogP contribution in [0, 0.1) is 0 Å². The molecule has 0 fully saturated rings. The molecule has 4 heteroatoms. The Morgan fingerprint density at radius 3 is 2.05 bits per heavy atom. The molecule has 0 N–H and O–H groups in total. The van der Waals surface area contributed by atoms with Crippen LogP contribution in [0.5, 0.6) is 23.0 Å². The van der Waals surface area contributed by atoms with Crippen LogP contribution < -0.4 is 18.9 Å². The van der Waals surface area contributed by atoms with E-state index in [9.17, 15) is 0 Å². The molecule has 0 saturated heterocycles. The predicted octanol–water partition coefficient (Wildman–Crippen LogP) is 3.74. The Morgan fingerprint density at radius 2 is 1.33 bits per heavy atom. The summed E-state index contributed by atoms with van der Waals surface area (Å²) in [6.07, 6.45) is 0. The van der Waals surface area contributed by atoms with Gasteiger partial charge < -0.3 is 18.9 Å². The molecular formula is C17H14O4. The lowest BCUT2D eigenvalue weighted by Gasteiger charge is -2.11. The van der Waals surface area contributed by atoms with Gasteiger partial charge in [0.2, 0.25) is 6.79 Å². The number of hydrogen-bond donors (Lipinski definition) is 0. The lowest BCUT2D eigenvalue weighted by Crippen LogP contribution is -1.92. The maximum Gasteiger partial charge on any atom is 0.231 e. The lowest BCUT2D eigenvalue weighted by atomic mass is 10.0. The van der Waals surface area contributed by atoms with Crippen molar-refractivity contribution in [2.75, 3.05) is 21.0 Å². The number of methoxy groups -OCH3 is 2. The van der Waals surface area contributed by atoms with Gasteiger partial charge in [-0.15, -0.1) is 0 Å². The SMILES string of the molecule is COc1cc2ccc3cc4c(cc3c2cc1OC)OCO4. The molecule has 21 heavy (non-hydrogen) atoms. The van der Waals surface area contributed by atoms with Crippen LogP contribution in [-0.4, -0.2) is 21.0 Å². The molecule has 1 heterocycles. The average Bonchev–Trinajstić information content (AvgIpc) is 2.98. The zero-order chi connectivity index (χ0) is 14.4. The van der Waals surface area contributed by atoms with Crippen LogP contribution in [0.4, 0.5) is 0 Å². The van der Waals surface area contributed by atoms with E-state index in [1.165, 1.54) is 0 Å². The van der Waals surface area contributed by atoms with Crippen LogP contribution in [0.2, 0.25) is 0 Å². The average molecular weight is 282 g/mol. The second-order valence-corrected chi connectivity index (χ2v) is 4.92. The predicted molar refractivity (Wildman–Crippen MR) is 80.7 cm³/mol. The number of benzene rings is 3. The number of ether oxygens (including phenoxy) is 4. The minimum atomic E-state index is 0.279. The van der Waals surface area contributed by atoms with E-state index in [1.54, 1.807) is 14.2 Å². The molecule has 0 radical (unpaired) electrons. The first kappa shape index (κ1) is 12.1. The van der Waals surface area contributed by atoms with E-state index in [-0.39, 0.29) is 6.79 Å². The summed E-state index contributed by atoms with van der Waals surface area (Å²) < 4.78 is 21.7. The van der Waals surface area contributed by atoms with Crippen molar-refractivity contribution < 1.29 is 18.9 Å². The van der Waals surface area contributed by atoms with E-state index in [0.717, 1.165) is 44.5 Å². The summed E-state index contributed by atoms with van der Waals surface area (Å²) in [6, 6.07) is 12.2. The zero-order valence-electron chi connectivity index (χ0n) is 11.8. The Labute approximate surface area is 121 Å². The van der Waals surface area contributed by atoms with Crippen LogP contribution in [0.3, 0.4) is 0 Å². The van der Waals surface area contributed by atoms with Gasteiger partial charge in [0, 0.05) is 0 Å². The van der Waals surface area contributed by atoms with Crippen molar-refractivity contribution in [2.24, 2.45) is 0 Å². The maximum atomic E-state index is 5.48. The topological polar surface area (TPSA) is 36.9 Å². The molecule has 4 nitrogen and oxygen atoms in total. The Morgan fingerprint density at radius 1 is 0.762 bits per heavy atom. The molecule has 1 aliphatic heterocycles. The minimum absolute atomic E-state index is 0.279. The highest BCUT2D eigenvalue weighted by Gasteiger charge is 2.16. The monoisotopic (exact) mass is 282 g/mol. The fraction of sp³-hybridized carbons (Fsp3) is 0.176. The number of fused-ring (bicyclic) bond motifs is 4. The molecule has 4 rings (SSSR count). The number of hydrogen-bond acceptors (Lipinski definition) is 4. The van der Waals surface area contributed by atoms with Gasteiger partial charge in [-0.3, -0.25) is 0 Å². The molecule has 106 valence electrons. The highest BCUT2D eigenvalue weighted by Crippen LogP contribution is 2.41. The fourth-order valence-corrected chi connectivity index (χ4v) is 2.77. The van der Waals surface area contributed by atoms with Crippen molar-refractivity contribution in [1.82, 2.24) is 0 Å². The van der Waals surface area contributed by atoms with E-state index in [2.05, 4.69) is 12.1 Å². The molecule has 0 aromatic heterocycles. The summed E-state index contributed by atoms with van der Waals surface area (Å²) >= 11 is 0. The second-order valence-electron chi connectivity index (χ2n) is 4.92. The first-order chi connectivity index (χ1) is 10.3. The molecule has 3 aromatic carbocycles. The molecular weight excluding hydrogens is 268 g/mol. The smallest absolute Gasteiger partial charge is 0.231 e. The summed E-state index contributed by atoms with van der Waals surface area (Å²) in [5.41, 5.74) is 0. The van der Waals surface area contributed by atoms with Crippen molar-refractivity contribution in [3.8, 4) is 23.0 Å². The molecule has 0 aliphatic carbocycles. The lowest BCUT2D eigenvalue weighted by molar-refractivity contribution is 0.174. The van der Waals surface area contributed by atoms with Gasteiger partial charge in [-0.25, -0.2) is 0 Å². The third-order valence-electron chi connectivity index (χ3n) is 3.83. The van der Waals surface area contributed by atoms with Gasteiger partial charge in [0.25, 0.3) is 0 Å². The third kappa shape index (κ3) is 1.76. The fourth-order valence-electron chi connectivity index (χ4n) is 2.77. The van der Waals surface area contributed by atoms with E-state index < -0.39 is 0 Å². The Hall–Kier alpha value is -2.62. The Bertz CT molecular complexity index is 854. The zero-order valence-corrected chi connectivity index (χ0v) is 11.8.